The first kappa shape index (κ1) is 16.5. The third-order valence-electron chi connectivity index (χ3n) is 4.33. The molecule has 0 saturated heterocycles. The first-order valence-corrected chi connectivity index (χ1v) is 8.96. The van der Waals surface area contributed by atoms with Gasteiger partial charge in [-0.1, -0.05) is 42.5 Å². The van der Waals surface area contributed by atoms with Crippen molar-refractivity contribution in [3.63, 3.8) is 0 Å². The summed E-state index contributed by atoms with van der Waals surface area (Å²) in [5.74, 6) is 0. The SMILES string of the molecule is Cc1ccsc1CN(C)C(=O)NC(C)c1cccc2ccccc12. The maximum absolute atomic E-state index is 12.5. The number of rotatable bonds is 4. The van der Waals surface area contributed by atoms with E-state index in [1.54, 1.807) is 16.2 Å². The minimum atomic E-state index is -0.0526. The van der Waals surface area contributed by atoms with Gasteiger partial charge in [-0.25, -0.2) is 4.79 Å². The van der Waals surface area contributed by atoms with Crippen LogP contribution in [0.15, 0.2) is 53.9 Å². The second-order valence-corrected chi connectivity index (χ2v) is 7.12. The van der Waals surface area contributed by atoms with E-state index in [9.17, 15) is 4.79 Å². The number of amides is 2. The van der Waals surface area contributed by atoms with Crippen molar-refractivity contribution in [3.05, 3.63) is 69.9 Å². The van der Waals surface area contributed by atoms with Gasteiger partial charge in [-0.3, -0.25) is 0 Å². The number of hydrogen-bond acceptors (Lipinski definition) is 2. The van der Waals surface area contributed by atoms with Crippen LogP contribution in [0.25, 0.3) is 10.8 Å². The maximum atomic E-state index is 12.5. The zero-order chi connectivity index (χ0) is 17.1. The van der Waals surface area contributed by atoms with Crippen LogP contribution in [0.4, 0.5) is 4.79 Å². The number of hydrogen-bond donors (Lipinski definition) is 1. The van der Waals surface area contributed by atoms with Gasteiger partial charge in [0.25, 0.3) is 0 Å². The second kappa shape index (κ2) is 7.05. The number of urea groups is 1. The van der Waals surface area contributed by atoms with Gasteiger partial charge in [0.1, 0.15) is 0 Å². The first-order valence-electron chi connectivity index (χ1n) is 8.08. The van der Waals surface area contributed by atoms with Crippen LogP contribution in [0.2, 0.25) is 0 Å². The van der Waals surface area contributed by atoms with E-state index in [0.29, 0.717) is 6.54 Å². The Labute approximate surface area is 146 Å². The monoisotopic (exact) mass is 338 g/mol. The van der Waals surface area contributed by atoms with Crippen LogP contribution >= 0.6 is 11.3 Å². The lowest BCUT2D eigenvalue weighted by Gasteiger charge is -2.22. The van der Waals surface area contributed by atoms with Gasteiger partial charge in [0.2, 0.25) is 0 Å². The average Bonchev–Trinajstić information content (AvgIpc) is 2.99. The molecular formula is C20H22N2OS. The fourth-order valence-corrected chi connectivity index (χ4v) is 3.81. The van der Waals surface area contributed by atoms with Gasteiger partial charge in [0.05, 0.1) is 12.6 Å². The number of carbonyl (C=O) groups excluding carboxylic acids is 1. The molecule has 4 heteroatoms. The largest absolute Gasteiger partial charge is 0.331 e. The van der Waals surface area contributed by atoms with Crippen molar-refractivity contribution in [3.8, 4) is 0 Å². The highest BCUT2D eigenvalue weighted by Crippen LogP contribution is 2.24. The van der Waals surface area contributed by atoms with E-state index in [0.717, 1.165) is 5.56 Å². The number of carbonyl (C=O) groups is 1. The van der Waals surface area contributed by atoms with Crippen LogP contribution in [0.5, 0.6) is 0 Å². The van der Waals surface area contributed by atoms with E-state index in [4.69, 9.17) is 0 Å². The van der Waals surface area contributed by atoms with Gasteiger partial charge in [-0.2, -0.15) is 0 Å². The minimum Gasteiger partial charge on any atom is -0.331 e. The molecule has 2 aromatic carbocycles. The maximum Gasteiger partial charge on any atom is 0.317 e. The average molecular weight is 338 g/mol. The van der Waals surface area contributed by atoms with Crippen LogP contribution in [0.1, 0.15) is 29.0 Å². The fourth-order valence-electron chi connectivity index (χ4n) is 2.85. The van der Waals surface area contributed by atoms with Crippen LogP contribution in [-0.4, -0.2) is 18.0 Å². The minimum absolute atomic E-state index is 0.0458. The highest BCUT2D eigenvalue weighted by molar-refractivity contribution is 7.10. The summed E-state index contributed by atoms with van der Waals surface area (Å²) in [4.78, 5) is 15.5. The Morgan fingerprint density at radius 3 is 2.67 bits per heavy atom. The first-order chi connectivity index (χ1) is 11.6. The predicted molar refractivity (Wildman–Crippen MR) is 101 cm³/mol. The quantitative estimate of drug-likeness (QED) is 0.704. The van der Waals surface area contributed by atoms with Gasteiger partial charge < -0.3 is 10.2 Å². The molecular weight excluding hydrogens is 316 g/mol. The van der Waals surface area contributed by atoms with Gasteiger partial charge in [-0.05, 0) is 47.2 Å². The topological polar surface area (TPSA) is 32.3 Å². The Balaban J connectivity index is 1.72. The molecule has 2 amide bonds. The molecule has 0 bridgehead atoms. The summed E-state index contributed by atoms with van der Waals surface area (Å²) in [6, 6.07) is 16.5. The fraction of sp³-hybridized carbons (Fsp3) is 0.250. The normalized spacial score (nSPS) is 12.1. The molecule has 0 saturated carbocycles. The number of nitrogens with one attached hydrogen (secondary N) is 1. The molecule has 0 aliphatic rings. The molecule has 0 radical (unpaired) electrons. The van der Waals surface area contributed by atoms with Gasteiger partial charge in [-0.15, -0.1) is 11.3 Å². The third-order valence-corrected chi connectivity index (χ3v) is 5.33. The molecule has 24 heavy (non-hydrogen) atoms. The van der Waals surface area contributed by atoms with Crippen LogP contribution < -0.4 is 5.32 Å². The summed E-state index contributed by atoms with van der Waals surface area (Å²) in [7, 11) is 1.84. The molecule has 0 aliphatic carbocycles. The number of benzene rings is 2. The van der Waals surface area contributed by atoms with Crippen molar-refractivity contribution in [2.75, 3.05) is 7.05 Å². The van der Waals surface area contributed by atoms with Crippen LogP contribution in [-0.2, 0) is 6.54 Å². The number of fused-ring (bicyclic) bond motifs is 1. The smallest absolute Gasteiger partial charge is 0.317 e. The summed E-state index contributed by atoms with van der Waals surface area (Å²) in [6.07, 6.45) is 0. The standard InChI is InChI=1S/C20H22N2OS/c1-14-11-12-24-19(14)13-22(3)20(23)21-15(2)17-10-6-8-16-7-4-5-9-18(16)17/h4-12,15H,13H2,1-3H3,(H,21,23). The summed E-state index contributed by atoms with van der Waals surface area (Å²) >= 11 is 1.69. The van der Waals surface area contributed by atoms with Gasteiger partial charge in [0.15, 0.2) is 0 Å². The molecule has 3 aromatic rings. The lowest BCUT2D eigenvalue weighted by atomic mass is 10.00. The Morgan fingerprint density at radius 1 is 1.17 bits per heavy atom. The molecule has 124 valence electrons. The molecule has 1 unspecified atom stereocenters. The highest BCUT2D eigenvalue weighted by Gasteiger charge is 2.16. The Bertz CT molecular complexity index is 850. The Morgan fingerprint density at radius 2 is 1.92 bits per heavy atom. The molecule has 0 aliphatic heterocycles. The Kier molecular flexibility index (Phi) is 4.86. The Hall–Kier alpha value is -2.33. The van der Waals surface area contributed by atoms with Crippen LogP contribution in [0.3, 0.4) is 0 Å². The predicted octanol–water partition coefficient (Wildman–Crippen LogP) is 5.11. The van der Waals surface area contributed by atoms with E-state index in [1.807, 2.05) is 32.2 Å². The zero-order valence-electron chi connectivity index (χ0n) is 14.2. The lowest BCUT2D eigenvalue weighted by Crippen LogP contribution is -2.38. The van der Waals surface area contributed by atoms with E-state index in [1.165, 1.54) is 21.2 Å². The summed E-state index contributed by atoms with van der Waals surface area (Å²) in [5.41, 5.74) is 2.38. The molecule has 1 aromatic heterocycles. The molecule has 0 spiro atoms. The van der Waals surface area contributed by atoms with Gasteiger partial charge in [0, 0.05) is 11.9 Å². The van der Waals surface area contributed by atoms with Crippen LogP contribution in [0, 0.1) is 6.92 Å². The van der Waals surface area contributed by atoms with Crippen molar-refractivity contribution < 1.29 is 4.79 Å². The highest BCUT2D eigenvalue weighted by atomic mass is 32.1. The van der Waals surface area contributed by atoms with Crippen molar-refractivity contribution in [2.24, 2.45) is 0 Å². The lowest BCUT2D eigenvalue weighted by molar-refractivity contribution is 0.204. The second-order valence-electron chi connectivity index (χ2n) is 6.12. The summed E-state index contributed by atoms with van der Waals surface area (Å²) < 4.78 is 0. The van der Waals surface area contributed by atoms with Crippen molar-refractivity contribution in [1.29, 1.82) is 0 Å². The van der Waals surface area contributed by atoms with E-state index >= 15 is 0 Å². The number of thiophene rings is 1. The van der Waals surface area contributed by atoms with Gasteiger partial charge >= 0.3 is 6.03 Å². The molecule has 1 N–H and O–H groups in total. The zero-order valence-corrected chi connectivity index (χ0v) is 15.1. The van der Waals surface area contributed by atoms with Crippen molar-refractivity contribution in [1.82, 2.24) is 10.2 Å². The van der Waals surface area contributed by atoms with E-state index in [2.05, 4.69) is 48.0 Å². The number of nitrogens with zero attached hydrogens (tertiary/aromatic N) is 1. The molecule has 3 nitrogen and oxygen atoms in total. The van der Waals surface area contributed by atoms with Crippen molar-refractivity contribution >= 4 is 28.1 Å². The number of aryl methyl sites for hydroxylation is 1. The third kappa shape index (κ3) is 3.44. The summed E-state index contributed by atoms with van der Waals surface area (Å²) in [6.45, 7) is 4.75. The summed E-state index contributed by atoms with van der Waals surface area (Å²) in [5, 5.41) is 7.55. The molecule has 3 rings (SSSR count). The van der Waals surface area contributed by atoms with E-state index in [-0.39, 0.29) is 12.1 Å². The molecule has 1 atom stereocenters. The van der Waals surface area contributed by atoms with E-state index < -0.39 is 0 Å². The molecule has 0 fully saturated rings. The molecule has 1 heterocycles. The van der Waals surface area contributed by atoms with Crippen molar-refractivity contribution in [2.45, 2.75) is 26.4 Å².